The van der Waals surface area contributed by atoms with E-state index in [4.69, 9.17) is 23.3 Å². The summed E-state index contributed by atoms with van der Waals surface area (Å²) in [7, 11) is -4.78. The van der Waals surface area contributed by atoms with E-state index in [0.717, 1.165) is 83.5 Å². The molecule has 3 unspecified atom stereocenters. The van der Waals surface area contributed by atoms with Crippen LogP contribution in [0.5, 0.6) is 0 Å². The fraction of sp³-hybridized carbons (Fsp3) is 0.652. The van der Waals surface area contributed by atoms with Crippen LogP contribution in [0, 0.1) is 0 Å². The lowest BCUT2D eigenvalue weighted by atomic mass is 10.0. The van der Waals surface area contributed by atoms with E-state index < -0.39 is 64.4 Å². The van der Waals surface area contributed by atoms with E-state index in [-0.39, 0.29) is 19.3 Å². The van der Waals surface area contributed by atoms with Gasteiger partial charge in [-0.1, -0.05) is 245 Å². The maximum Gasteiger partial charge on any atom is 0.472 e. The van der Waals surface area contributed by atoms with Crippen LogP contribution in [0.4, 0.5) is 0 Å². The second-order valence-corrected chi connectivity index (χ2v) is 21.2. The highest BCUT2D eigenvalue weighted by Gasteiger charge is 2.28. The first-order valence-electron chi connectivity index (χ1n) is 30.4. The van der Waals surface area contributed by atoms with E-state index in [2.05, 4.69) is 124 Å². The maximum atomic E-state index is 12.9. The van der Waals surface area contributed by atoms with Crippen LogP contribution in [0.25, 0.3) is 0 Å². The Morgan fingerprint density at radius 2 is 0.667 bits per heavy atom. The Morgan fingerprint density at radius 3 is 1.03 bits per heavy atom. The molecule has 0 aromatic carbocycles. The van der Waals surface area contributed by atoms with E-state index in [1.165, 1.54) is 83.5 Å². The molecule has 3 atom stereocenters. The van der Waals surface area contributed by atoms with Crippen molar-refractivity contribution in [3.63, 3.8) is 0 Å². The third kappa shape index (κ3) is 56.6. The number of esters is 3. The number of rotatable bonds is 55. The van der Waals surface area contributed by atoms with Gasteiger partial charge in [0.15, 0.2) is 6.10 Å². The summed E-state index contributed by atoms with van der Waals surface area (Å²) >= 11 is 0. The topological polar surface area (TPSA) is 155 Å². The van der Waals surface area contributed by atoms with Crippen molar-refractivity contribution in [1.29, 1.82) is 0 Å². The molecule has 12 heteroatoms. The van der Waals surface area contributed by atoms with E-state index in [9.17, 15) is 28.9 Å². The van der Waals surface area contributed by atoms with E-state index in [1.54, 1.807) is 0 Å². The number of phosphoric acid groups is 1. The Kier molecular flexibility index (Phi) is 55.9. The van der Waals surface area contributed by atoms with E-state index in [0.29, 0.717) is 32.1 Å². The number of ether oxygens (including phenoxy) is 3. The molecule has 0 aliphatic carbocycles. The van der Waals surface area contributed by atoms with E-state index >= 15 is 0 Å². The third-order valence-corrected chi connectivity index (χ3v) is 13.3. The van der Waals surface area contributed by atoms with Crippen molar-refractivity contribution >= 4 is 25.7 Å². The van der Waals surface area contributed by atoms with Crippen LogP contribution >= 0.6 is 7.82 Å². The molecule has 0 spiro atoms. The SMILES string of the molecule is CC/C=C\C/C=C\C/C=C\C/C=C\C/C=C\CCCC(=O)OCC(COP(=O)(O)OCC(CO)OC(=O)CCCCCCCCCCCCCCCCCCC)OC(=O)CCC/C=C\C/C=C\C/C=C\C/C=C\C/C=C\CC. The molecular formula is C66H109O11P. The number of aliphatic hydroxyl groups is 1. The predicted octanol–water partition coefficient (Wildman–Crippen LogP) is 18.4. The number of hydrogen-bond acceptors (Lipinski definition) is 10. The van der Waals surface area contributed by atoms with Crippen molar-refractivity contribution in [1.82, 2.24) is 0 Å². The van der Waals surface area contributed by atoms with Gasteiger partial charge in [0.2, 0.25) is 0 Å². The summed E-state index contributed by atoms with van der Waals surface area (Å²) in [5.74, 6) is -1.61. The monoisotopic (exact) mass is 1110 g/mol. The maximum absolute atomic E-state index is 12.9. The molecule has 0 saturated heterocycles. The summed E-state index contributed by atoms with van der Waals surface area (Å²) in [5.41, 5.74) is 0. The van der Waals surface area contributed by atoms with Crippen LogP contribution in [0.2, 0.25) is 0 Å². The lowest BCUT2D eigenvalue weighted by Crippen LogP contribution is -2.30. The quantitative estimate of drug-likeness (QED) is 0.0197. The summed E-state index contributed by atoms with van der Waals surface area (Å²) in [6.07, 6.45) is 73.1. The highest BCUT2D eigenvalue weighted by molar-refractivity contribution is 7.47. The number of unbranched alkanes of at least 4 members (excludes halogenated alkanes) is 18. The number of carbonyl (C=O) groups excluding carboxylic acids is 3. The van der Waals surface area contributed by atoms with Crippen molar-refractivity contribution in [2.75, 3.05) is 26.4 Å². The van der Waals surface area contributed by atoms with Crippen LogP contribution in [0.1, 0.15) is 239 Å². The molecule has 0 aromatic heterocycles. The first-order chi connectivity index (χ1) is 38.2. The van der Waals surface area contributed by atoms with Crippen LogP contribution < -0.4 is 0 Å². The van der Waals surface area contributed by atoms with Gasteiger partial charge in [-0.15, -0.1) is 0 Å². The fourth-order valence-electron chi connectivity index (χ4n) is 7.84. The van der Waals surface area contributed by atoms with Crippen LogP contribution in [0.15, 0.2) is 122 Å². The molecule has 0 aromatic rings. The standard InChI is InChI=1S/C66H109O11P/c1-4-7-10-13-16-19-22-25-28-31-34-37-40-43-46-49-52-55-64(68)73-59-63(77-66(70)57-54-51-48-45-42-39-36-33-30-27-24-21-18-15-12-9-6-3)61-75-78(71,72)74-60-62(58-67)76-65(69)56-53-50-47-44-41-38-35-32-29-26-23-20-17-14-11-8-5-2/h7,9-10,12,16,18-19,21,25,27-28,30,34,36-37,39,43,45-46,48,62-63,67H,4-6,8,11,13-15,17,20,22-24,26,29,31-33,35,38,40-42,44,47,49-61H2,1-3H3,(H,71,72)/b10-7-,12-9-,19-16-,21-18-,28-25-,30-27-,37-34-,39-36-,46-43-,48-45-. The summed E-state index contributed by atoms with van der Waals surface area (Å²) in [6.45, 7) is 4.30. The van der Waals surface area contributed by atoms with Gasteiger partial charge in [-0.2, -0.15) is 0 Å². The smallest absolute Gasteiger partial charge is 0.462 e. The molecule has 0 rings (SSSR count). The molecule has 2 N–H and O–H groups in total. The first kappa shape index (κ1) is 73.9. The molecule has 0 aliphatic heterocycles. The van der Waals surface area contributed by atoms with Crippen molar-refractivity contribution < 1.29 is 52.2 Å². The van der Waals surface area contributed by atoms with E-state index in [1.807, 2.05) is 18.2 Å². The zero-order valence-corrected chi connectivity index (χ0v) is 50.0. The van der Waals surface area contributed by atoms with Gasteiger partial charge in [0.25, 0.3) is 0 Å². The molecule has 0 saturated carbocycles. The van der Waals surface area contributed by atoms with Gasteiger partial charge in [-0.3, -0.25) is 23.4 Å². The number of carbonyl (C=O) groups is 3. The average molecular weight is 1110 g/mol. The zero-order valence-electron chi connectivity index (χ0n) is 49.1. The predicted molar refractivity (Wildman–Crippen MR) is 325 cm³/mol. The Labute approximate surface area is 475 Å². The summed E-state index contributed by atoms with van der Waals surface area (Å²) in [4.78, 5) is 48.6. The highest BCUT2D eigenvalue weighted by Crippen LogP contribution is 2.43. The lowest BCUT2D eigenvalue weighted by molar-refractivity contribution is -0.161. The fourth-order valence-corrected chi connectivity index (χ4v) is 8.62. The van der Waals surface area contributed by atoms with Gasteiger partial charge >= 0.3 is 25.7 Å². The number of hydrogen-bond donors (Lipinski definition) is 2. The van der Waals surface area contributed by atoms with Gasteiger partial charge in [0.1, 0.15) is 12.7 Å². The molecule has 78 heavy (non-hydrogen) atoms. The van der Waals surface area contributed by atoms with Crippen molar-refractivity contribution in [3.8, 4) is 0 Å². The normalized spacial score (nSPS) is 14.2. The first-order valence-corrected chi connectivity index (χ1v) is 31.9. The van der Waals surface area contributed by atoms with Gasteiger partial charge in [-0.05, 0) is 96.3 Å². The van der Waals surface area contributed by atoms with Crippen LogP contribution in [0.3, 0.4) is 0 Å². The molecule has 11 nitrogen and oxygen atoms in total. The summed E-state index contributed by atoms with van der Waals surface area (Å²) in [5, 5.41) is 9.84. The molecule has 0 heterocycles. The molecule has 444 valence electrons. The molecule has 0 fully saturated rings. The second-order valence-electron chi connectivity index (χ2n) is 19.8. The zero-order chi connectivity index (χ0) is 56.9. The Balaban J connectivity index is 4.85. The Bertz CT molecular complexity index is 1770. The molecule has 0 aliphatic rings. The minimum absolute atomic E-state index is 0.0717. The third-order valence-electron chi connectivity index (χ3n) is 12.4. The largest absolute Gasteiger partial charge is 0.472 e. The Hall–Kier alpha value is -4.12. The van der Waals surface area contributed by atoms with Gasteiger partial charge in [0.05, 0.1) is 19.8 Å². The summed E-state index contributed by atoms with van der Waals surface area (Å²) in [6, 6.07) is 0. The molecule has 0 amide bonds. The van der Waals surface area contributed by atoms with Gasteiger partial charge < -0.3 is 24.2 Å². The van der Waals surface area contributed by atoms with Gasteiger partial charge in [0, 0.05) is 19.3 Å². The van der Waals surface area contributed by atoms with Crippen molar-refractivity contribution in [2.45, 2.75) is 251 Å². The highest BCUT2D eigenvalue weighted by atomic mass is 31.2. The second kappa shape index (κ2) is 59.0. The minimum Gasteiger partial charge on any atom is -0.462 e. The van der Waals surface area contributed by atoms with Crippen molar-refractivity contribution in [3.05, 3.63) is 122 Å². The number of phosphoric ester groups is 1. The van der Waals surface area contributed by atoms with Gasteiger partial charge in [-0.25, -0.2) is 4.57 Å². The average Bonchev–Trinajstić information content (AvgIpc) is 3.43. The minimum atomic E-state index is -4.78. The molecular weight excluding hydrogens is 1000 g/mol. The van der Waals surface area contributed by atoms with Crippen molar-refractivity contribution in [2.24, 2.45) is 0 Å². The molecule has 0 radical (unpaired) electrons. The van der Waals surface area contributed by atoms with Crippen LogP contribution in [-0.2, 0) is 42.2 Å². The molecule has 0 bridgehead atoms. The Morgan fingerprint density at radius 1 is 0.372 bits per heavy atom. The lowest BCUT2D eigenvalue weighted by Gasteiger charge is -2.21. The number of allylic oxidation sites excluding steroid dienone is 20. The summed E-state index contributed by atoms with van der Waals surface area (Å²) < 4.78 is 39.5. The van der Waals surface area contributed by atoms with Crippen LogP contribution in [-0.4, -0.2) is 66.5 Å². The number of aliphatic hydroxyl groups excluding tert-OH is 1.